The Labute approximate surface area is 245 Å². The van der Waals surface area contributed by atoms with E-state index in [1.807, 2.05) is 43.3 Å². The van der Waals surface area contributed by atoms with E-state index in [9.17, 15) is 0 Å². The van der Waals surface area contributed by atoms with Crippen LogP contribution in [0, 0.1) is 5.41 Å². The highest BCUT2D eigenvalue weighted by molar-refractivity contribution is 6.03. The Morgan fingerprint density at radius 1 is 1.10 bits per heavy atom. The van der Waals surface area contributed by atoms with Crippen LogP contribution in [0.5, 0.6) is 11.6 Å². The van der Waals surface area contributed by atoms with E-state index in [1.54, 1.807) is 20.2 Å². The minimum Gasteiger partial charge on any atom is -0.497 e. The number of aromatic nitrogens is 4. The number of methoxy groups -OCH3 is 1. The van der Waals surface area contributed by atoms with Crippen LogP contribution in [-0.2, 0) is 13.1 Å². The van der Waals surface area contributed by atoms with Crippen LogP contribution in [0.4, 0.5) is 11.4 Å². The lowest BCUT2D eigenvalue weighted by atomic mass is 10.1. The summed E-state index contributed by atoms with van der Waals surface area (Å²) in [6, 6.07) is 18.0. The van der Waals surface area contributed by atoms with Gasteiger partial charge in [0.05, 0.1) is 48.3 Å². The van der Waals surface area contributed by atoms with Crippen LogP contribution in [0.3, 0.4) is 0 Å². The zero-order valence-corrected chi connectivity index (χ0v) is 24.5. The lowest BCUT2D eigenvalue weighted by molar-refractivity contribution is 0.324. The van der Waals surface area contributed by atoms with Gasteiger partial charge in [-0.1, -0.05) is 24.3 Å². The van der Waals surface area contributed by atoms with E-state index in [2.05, 4.69) is 57.4 Å². The summed E-state index contributed by atoms with van der Waals surface area (Å²) in [5, 5.41) is 20.5. The van der Waals surface area contributed by atoms with Gasteiger partial charge in [-0.2, -0.15) is 5.10 Å². The van der Waals surface area contributed by atoms with Crippen LogP contribution < -0.4 is 19.7 Å². The molecular formula is C32H35N7O3. The van der Waals surface area contributed by atoms with Gasteiger partial charge in [0.2, 0.25) is 5.88 Å². The van der Waals surface area contributed by atoms with E-state index < -0.39 is 0 Å². The highest BCUT2D eigenvalue weighted by Gasteiger charge is 2.23. The smallest absolute Gasteiger partial charge is 0.242 e. The number of para-hydroxylation sites is 1. The third-order valence-electron chi connectivity index (χ3n) is 6.71. The van der Waals surface area contributed by atoms with Crippen molar-refractivity contribution in [3.05, 3.63) is 84.0 Å². The third-order valence-corrected chi connectivity index (χ3v) is 6.71. The van der Waals surface area contributed by atoms with Gasteiger partial charge in [-0.25, -0.2) is 9.97 Å². The number of nitrogens with one attached hydrogen (secondary N) is 2. The van der Waals surface area contributed by atoms with Gasteiger partial charge in [0, 0.05) is 24.7 Å². The van der Waals surface area contributed by atoms with Gasteiger partial charge in [-0.05, 0) is 63.6 Å². The van der Waals surface area contributed by atoms with Crippen LogP contribution in [-0.4, -0.2) is 45.6 Å². The second-order valence-electron chi connectivity index (χ2n) is 10.2. The molecule has 0 aliphatic carbocycles. The lowest BCUT2D eigenvalue weighted by Crippen LogP contribution is -2.26. The Balaban J connectivity index is 1.73. The molecule has 2 N–H and O–H groups in total. The molecule has 0 atom stereocenters. The number of rotatable bonds is 12. The topological polar surface area (TPSA) is 122 Å². The van der Waals surface area contributed by atoms with Gasteiger partial charge in [-0.15, -0.1) is 5.10 Å². The highest BCUT2D eigenvalue weighted by Crippen LogP contribution is 2.38. The second-order valence-corrected chi connectivity index (χ2v) is 10.2. The quantitative estimate of drug-likeness (QED) is 0.163. The van der Waals surface area contributed by atoms with Gasteiger partial charge in [-0.3, -0.25) is 0 Å². The van der Waals surface area contributed by atoms with Crippen LogP contribution in [0.15, 0.2) is 71.6 Å². The number of ether oxygens (including phenoxy) is 2. The van der Waals surface area contributed by atoms with Crippen molar-refractivity contribution in [2.75, 3.05) is 23.9 Å². The molecule has 5 rings (SSSR count). The molecule has 0 fully saturated rings. The Morgan fingerprint density at radius 2 is 1.90 bits per heavy atom. The zero-order valence-electron chi connectivity index (χ0n) is 24.5. The normalized spacial score (nSPS) is 11.1. The number of fused-ring (bicyclic) bond motifs is 1. The highest BCUT2D eigenvalue weighted by atomic mass is 16.5. The van der Waals surface area contributed by atoms with Crippen molar-refractivity contribution in [1.29, 1.82) is 5.41 Å². The molecule has 0 bridgehead atoms. The first-order valence-corrected chi connectivity index (χ1v) is 13.9. The minimum atomic E-state index is 0.0953. The molecule has 2 aromatic carbocycles. The summed E-state index contributed by atoms with van der Waals surface area (Å²) in [7, 11) is 1.66. The van der Waals surface area contributed by atoms with Crippen molar-refractivity contribution in [3.8, 4) is 22.9 Å². The van der Waals surface area contributed by atoms with E-state index >= 15 is 0 Å². The van der Waals surface area contributed by atoms with E-state index in [0.717, 1.165) is 39.4 Å². The standard InChI is InChI=1S/C32H35N7O3/c1-6-41-32-25(14-15-35-38-32)26-16-27(31(36-20(2)3)29(37-26)21(4)33)39(17-22-10-12-24(40-5)13-11-22)18-23-8-7-9-28-30(23)34-19-42-28/h7-16,19-20,33,36H,6,17-18H2,1-5H3. The Morgan fingerprint density at radius 3 is 2.62 bits per heavy atom. The molecule has 0 amide bonds. The number of anilines is 2. The molecule has 0 unspecified atom stereocenters. The minimum absolute atomic E-state index is 0.0953. The molecule has 0 saturated carbocycles. The van der Waals surface area contributed by atoms with Crippen molar-refractivity contribution in [2.45, 2.75) is 46.8 Å². The average Bonchev–Trinajstić information content (AvgIpc) is 3.47. The van der Waals surface area contributed by atoms with Crippen LogP contribution >= 0.6 is 0 Å². The summed E-state index contributed by atoms with van der Waals surface area (Å²) in [5.74, 6) is 1.19. The molecule has 5 aromatic rings. The number of oxazole rings is 1. The first kappa shape index (κ1) is 28.5. The van der Waals surface area contributed by atoms with Crippen molar-refractivity contribution in [1.82, 2.24) is 20.2 Å². The SMILES string of the molecule is CCOc1nnccc1-c1cc(N(Cc2ccc(OC)cc2)Cc2cccc3ocnc23)c(NC(C)C)c(C(C)=N)n1. The molecule has 0 aliphatic heterocycles. The maximum absolute atomic E-state index is 8.71. The maximum Gasteiger partial charge on any atom is 0.242 e. The molecule has 42 heavy (non-hydrogen) atoms. The molecule has 0 aliphatic rings. The third kappa shape index (κ3) is 6.17. The second kappa shape index (κ2) is 12.7. The number of pyridine rings is 1. The predicted octanol–water partition coefficient (Wildman–Crippen LogP) is 6.50. The summed E-state index contributed by atoms with van der Waals surface area (Å²) >= 11 is 0. The van der Waals surface area contributed by atoms with E-state index in [-0.39, 0.29) is 6.04 Å². The van der Waals surface area contributed by atoms with E-state index in [4.69, 9.17) is 24.3 Å². The van der Waals surface area contributed by atoms with Gasteiger partial charge < -0.3 is 29.5 Å². The monoisotopic (exact) mass is 565 g/mol. The predicted molar refractivity (Wildman–Crippen MR) is 165 cm³/mol. The van der Waals surface area contributed by atoms with Crippen molar-refractivity contribution in [2.24, 2.45) is 0 Å². The lowest BCUT2D eigenvalue weighted by Gasteiger charge is -2.30. The molecule has 0 saturated heterocycles. The fourth-order valence-electron chi connectivity index (χ4n) is 4.83. The van der Waals surface area contributed by atoms with Gasteiger partial charge in [0.25, 0.3) is 0 Å². The summed E-state index contributed by atoms with van der Waals surface area (Å²) in [6.45, 7) is 9.33. The Kier molecular flexibility index (Phi) is 8.61. The average molecular weight is 566 g/mol. The maximum atomic E-state index is 8.71. The first-order chi connectivity index (χ1) is 20.4. The molecule has 3 aromatic heterocycles. The number of benzene rings is 2. The molecule has 0 radical (unpaired) electrons. The van der Waals surface area contributed by atoms with Crippen molar-refractivity contribution in [3.63, 3.8) is 0 Å². The van der Waals surface area contributed by atoms with E-state index in [1.165, 1.54) is 6.39 Å². The molecule has 10 heteroatoms. The molecule has 0 spiro atoms. The van der Waals surface area contributed by atoms with Gasteiger partial charge in [0.1, 0.15) is 17.0 Å². The molecule has 10 nitrogen and oxygen atoms in total. The van der Waals surface area contributed by atoms with Crippen LogP contribution in [0.2, 0.25) is 0 Å². The first-order valence-electron chi connectivity index (χ1n) is 13.9. The van der Waals surface area contributed by atoms with Gasteiger partial charge >= 0.3 is 0 Å². The summed E-state index contributed by atoms with van der Waals surface area (Å²) in [5.41, 5.74) is 7.53. The summed E-state index contributed by atoms with van der Waals surface area (Å²) < 4.78 is 16.8. The molecular weight excluding hydrogens is 530 g/mol. The van der Waals surface area contributed by atoms with Crippen LogP contribution in [0.1, 0.15) is 44.5 Å². The van der Waals surface area contributed by atoms with E-state index in [0.29, 0.717) is 48.2 Å². The fourth-order valence-corrected chi connectivity index (χ4v) is 4.83. The van der Waals surface area contributed by atoms with Crippen molar-refractivity contribution >= 4 is 28.2 Å². The number of nitrogens with zero attached hydrogens (tertiary/aromatic N) is 5. The Bertz CT molecular complexity index is 1680. The Hall–Kier alpha value is -4.99. The fraction of sp³-hybridized carbons (Fsp3) is 0.281. The molecule has 3 heterocycles. The number of hydrogen-bond acceptors (Lipinski definition) is 10. The largest absolute Gasteiger partial charge is 0.497 e. The van der Waals surface area contributed by atoms with Crippen LogP contribution in [0.25, 0.3) is 22.4 Å². The molecule has 216 valence electrons. The summed E-state index contributed by atoms with van der Waals surface area (Å²) in [4.78, 5) is 11.7. The zero-order chi connectivity index (χ0) is 29.6. The number of hydrogen-bond donors (Lipinski definition) is 2. The summed E-state index contributed by atoms with van der Waals surface area (Å²) in [6.07, 6.45) is 3.09. The van der Waals surface area contributed by atoms with Crippen molar-refractivity contribution < 1.29 is 13.9 Å². The van der Waals surface area contributed by atoms with Gasteiger partial charge in [0.15, 0.2) is 12.0 Å².